The first-order valence-electron chi connectivity index (χ1n) is 14.0. The summed E-state index contributed by atoms with van der Waals surface area (Å²) in [6.07, 6.45) is 1.63. The van der Waals surface area contributed by atoms with Gasteiger partial charge in [0.1, 0.15) is 24.0 Å². The van der Waals surface area contributed by atoms with Gasteiger partial charge in [0.25, 0.3) is 5.56 Å². The number of halogens is 3. The van der Waals surface area contributed by atoms with Gasteiger partial charge in [0.05, 0.1) is 28.5 Å². The summed E-state index contributed by atoms with van der Waals surface area (Å²) in [5.41, 5.74) is 2.11. The average molecular weight is 643 g/mol. The molecule has 1 aromatic heterocycles. The maximum absolute atomic E-state index is 14.3. The van der Waals surface area contributed by atoms with E-state index in [9.17, 15) is 18.4 Å². The summed E-state index contributed by atoms with van der Waals surface area (Å²) >= 11 is 7.45. The number of hydrogen-bond donors (Lipinski definition) is 0. The van der Waals surface area contributed by atoms with E-state index < -0.39 is 29.2 Å². The number of nitrogens with zero attached hydrogens (tertiary/aromatic N) is 2. The molecule has 0 saturated heterocycles. The standard InChI is InChI=1S/C35H25ClF2N2O4S/c1-2-43-34(42)30-31(21-8-4-3-5-9-21)39-35-40(32(30)22-12-15-26(37)16-13-22)33(41)29(45-35)19-24-18-25(36)14-17-28(24)44-20-23-10-6-7-11-27(23)38/h3-19,32H,2,20H2,1H3/b29-19-/t32-/m0/s1. The highest BCUT2D eigenvalue weighted by atomic mass is 35.5. The number of fused-ring (bicyclic) bond motifs is 1. The maximum atomic E-state index is 14.3. The second-order valence-corrected chi connectivity index (χ2v) is 11.5. The minimum atomic E-state index is -0.950. The van der Waals surface area contributed by atoms with Crippen LogP contribution < -0.4 is 19.6 Å². The molecule has 0 radical (unpaired) electrons. The van der Waals surface area contributed by atoms with Crippen LogP contribution >= 0.6 is 22.9 Å². The third kappa shape index (κ3) is 6.22. The van der Waals surface area contributed by atoms with Gasteiger partial charge in [0, 0.05) is 21.7 Å². The Kier molecular flexibility index (Phi) is 8.73. The fourth-order valence-corrected chi connectivity index (χ4v) is 6.25. The zero-order valence-electron chi connectivity index (χ0n) is 23.9. The average Bonchev–Trinajstić information content (AvgIpc) is 3.35. The molecular weight excluding hydrogens is 618 g/mol. The fourth-order valence-electron chi connectivity index (χ4n) is 5.08. The van der Waals surface area contributed by atoms with E-state index in [0.717, 1.165) is 11.3 Å². The van der Waals surface area contributed by atoms with Crippen LogP contribution in [-0.2, 0) is 16.1 Å². The zero-order valence-corrected chi connectivity index (χ0v) is 25.4. The Morgan fingerprint density at radius 1 is 1.00 bits per heavy atom. The summed E-state index contributed by atoms with van der Waals surface area (Å²) in [7, 11) is 0. The van der Waals surface area contributed by atoms with Crippen LogP contribution in [0.1, 0.15) is 35.2 Å². The summed E-state index contributed by atoms with van der Waals surface area (Å²) in [6.45, 7) is 1.76. The minimum absolute atomic E-state index is 0.0374. The number of hydrogen-bond acceptors (Lipinski definition) is 6. The Morgan fingerprint density at radius 3 is 2.47 bits per heavy atom. The fraction of sp³-hybridized carbons (Fsp3) is 0.114. The van der Waals surface area contributed by atoms with E-state index in [1.807, 2.05) is 30.3 Å². The monoisotopic (exact) mass is 642 g/mol. The van der Waals surface area contributed by atoms with E-state index >= 15 is 0 Å². The van der Waals surface area contributed by atoms with Crippen molar-refractivity contribution in [3.05, 3.63) is 161 Å². The Balaban J connectivity index is 1.54. The Hall–Kier alpha value is -4.86. The van der Waals surface area contributed by atoms with E-state index in [4.69, 9.17) is 26.1 Å². The molecule has 1 aliphatic rings. The lowest BCUT2D eigenvalue weighted by Gasteiger charge is -2.25. The van der Waals surface area contributed by atoms with E-state index in [1.165, 1.54) is 34.9 Å². The SMILES string of the molecule is CCOC(=O)C1=C(c2ccccc2)N=c2s/c(=C\c3cc(Cl)ccc3OCc3ccccc3F)c(=O)n2[C@H]1c1ccc(F)cc1. The molecule has 0 bridgehead atoms. The molecule has 45 heavy (non-hydrogen) atoms. The summed E-state index contributed by atoms with van der Waals surface area (Å²) in [5, 5.41) is 0.410. The molecule has 1 aliphatic heterocycles. The summed E-state index contributed by atoms with van der Waals surface area (Å²) < 4.78 is 41.4. The molecule has 0 unspecified atom stereocenters. The largest absolute Gasteiger partial charge is 0.488 e. The number of carbonyl (C=O) groups excluding carboxylic acids is 1. The topological polar surface area (TPSA) is 69.9 Å². The molecule has 0 amide bonds. The quantitative estimate of drug-likeness (QED) is 0.183. The highest BCUT2D eigenvalue weighted by Gasteiger charge is 2.35. The molecule has 5 aromatic rings. The van der Waals surface area contributed by atoms with Gasteiger partial charge in [0.2, 0.25) is 0 Å². The minimum Gasteiger partial charge on any atom is -0.488 e. The van der Waals surface area contributed by atoms with E-state index in [2.05, 4.69) is 0 Å². The normalized spacial score (nSPS) is 14.6. The molecule has 0 fully saturated rings. The van der Waals surface area contributed by atoms with Gasteiger partial charge in [-0.3, -0.25) is 9.36 Å². The molecule has 2 heterocycles. The van der Waals surface area contributed by atoms with Crippen LogP contribution in [0.4, 0.5) is 8.78 Å². The van der Waals surface area contributed by atoms with Crippen LogP contribution in [0.15, 0.2) is 112 Å². The summed E-state index contributed by atoms with van der Waals surface area (Å²) in [5.74, 6) is -1.10. The number of carbonyl (C=O) groups is 1. The molecule has 10 heteroatoms. The molecular formula is C35H25ClF2N2O4S. The van der Waals surface area contributed by atoms with Crippen molar-refractivity contribution in [1.29, 1.82) is 0 Å². The predicted molar refractivity (Wildman–Crippen MR) is 170 cm³/mol. The van der Waals surface area contributed by atoms with Crippen molar-refractivity contribution in [3.63, 3.8) is 0 Å². The number of thiazole rings is 1. The molecule has 4 aromatic carbocycles. The van der Waals surface area contributed by atoms with Crippen LogP contribution in [0.3, 0.4) is 0 Å². The third-order valence-electron chi connectivity index (χ3n) is 7.16. The smallest absolute Gasteiger partial charge is 0.338 e. The predicted octanol–water partition coefficient (Wildman–Crippen LogP) is 6.45. The van der Waals surface area contributed by atoms with Gasteiger partial charge >= 0.3 is 5.97 Å². The van der Waals surface area contributed by atoms with Crippen LogP contribution in [0.2, 0.25) is 5.02 Å². The molecule has 226 valence electrons. The van der Waals surface area contributed by atoms with E-state index in [1.54, 1.807) is 49.4 Å². The summed E-state index contributed by atoms with van der Waals surface area (Å²) in [6, 6.07) is 25.1. The van der Waals surface area contributed by atoms with Crippen LogP contribution in [0, 0.1) is 11.6 Å². The van der Waals surface area contributed by atoms with Crippen molar-refractivity contribution < 1.29 is 23.0 Å². The Bertz CT molecular complexity index is 2110. The van der Waals surface area contributed by atoms with Crippen molar-refractivity contribution in [2.45, 2.75) is 19.6 Å². The zero-order chi connectivity index (χ0) is 31.5. The molecule has 0 aliphatic carbocycles. The van der Waals surface area contributed by atoms with Crippen LogP contribution in [0.5, 0.6) is 5.75 Å². The number of rotatable bonds is 8. The van der Waals surface area contributed by atoms with E-state index in [0.29, 0.717) is 43.5 Å². The van der Waals surface area contributed by atoms with Gasteiger partial charge < -0.3 is 9.47 Å². The van der Waals surface area contributed by atoms with Crippen molar-refractivity contribution in [2.75, 3.05) is 6.61 Å². The van der Waals surface area contributed by atoms with Gasteiger partial charge in [-0.25, -0.2) is 18.6 Å². The van der Waals surface area contributed by atoms with Gasteiger partial charge in [-0.05, 0) is 55.0 Å². The van der Waals surface area contributed by atoms with Gasteiger partial charge in [-0.1, -0.05) is 83.6 Å². The summed E-state index contributed by atoms with van der Waals surface area (Å²) in [4.78, 5) is 32.9. The first-order valence-corrected chi connectivity index (χ1v) is 15.2. The van der Waals surface area contributed by atoms with Gasteiger partial charge in [-0.2, -0.15) is 0 Å². The molecule has 6 nitrogen and oxygen atoms in total. The van der Waals surface area contributed by atoms with Crippen LogP contribution in [0.25, 0.3) is 11.8 Å². The molecule has 0 saturated carbocycles. The second-order valence-electron chi connectivity index (χ2n) is 10.0. The Labute approximate surface area is 265 Å². The molecule has 0 spiro atoms. The lowest BCUT2D eigenvalue weighted by Crippen LogP contribution is -2.40. The maximum Gasteiger partial charge on any atom is 0.338 e. The third-order valence-corrected chi connectivity index (χ3v) is 8.38. The lowest BCUT2D eigenvalue weighted by molar-refractivity contribution is -0.138. The molecule has 6 rings (SSSR count). The van der Waals surface area contributed by atoms with Crippen LogP contribution in [-0.4, -0.2) is 17.1 Å². The van der Waals surface area contributed by atoms with Crippen molar-refractivity contribution in [3.8, 4) is 5.75 Å². The number of esters is 1. The number of ether oxygens (including phenoxy) is 2. The molecule has 0 N–H and O–H groups in total. The first-order chi connectivity index (χ1) is 21.8. The van der Waals surface area contributed by atoms with Crippen molar-refractivity contribution >= 4 is 40.7 Å². The van der Waals surface area contributed by atoms with Gasteiger partial charge in [-0.15, -0.1) is 0 Å². The highest BCUT2D eigenvalue weighted by molar-refractivity contribution is 7.07. The Morgan fingerprint density at radius 2 is 1.73 bits per heavy atom. The van der Waals surface area contributed by atoms with Crippen molar-refractivity contribution in [1.82, 2.24) is 4.57 Å². The van der Waals surface area contributed by atoms with Crippen molar-refractivity contribution in [2.24, 2.45) is 4.99 Å². The lowest BCUT2D eigenvalue weighted by atomic mass is 9.93. The first kappa shape index (κ1) is 30.2. The van der Waals surface area contributed by atoms with E-state index in [-0.39, 0.29) is 23.3 Å². The second kappa shape index (κ2) is 13.0. The highest BCUT2D eigenvalue weighted by Crippen LogP contribution is 2.35. The number of aromatic nitrogens is 1. The molecule has 1 atom stereocenters. The number of benzene rings is 4. The van der Waals surface area contributed by atoms with Gasteiger partial charge in [0.15, 0.2) is 4.80 Å².